The fraction of sp³-hybridized carbons (Fsp3) is 0.0833. The van der Waals surface area contributed by atoms with Crippen LogP contribution in [0.25, 0.3) is 11.1 Å². The number of hydrogen-bond donors (Lipinski definition) is 1. The Morgan fingerprint density at radius 3 is 2.83 bits per heavy atom. The molecule has 3 rings (SSSR count). The Balaban J connectivity index is 2.28. The maximum absolute atomic E-state index is 11.6. The monoisotopic (exact) mass is 278 g/mol. The molecule has 0 atom stereocenters. The number of fused-ring (bicyclic) bond motifs is 1. The van der Waals surface area contributed by atoms with E-state index in [4.69, 9.17) is 5.73 Å². The maximum Gasteiger partial charge on any atom is 0.259 e. The second-order valence-corrected chi connectivity index (χ2v) is 6.47. The molecule has 0 amide bonds. The fourth-order valence-corrected chi connectivity index (χ4v) is 3.85. The molecule has 1 aromatic carbocycles. The van der Waals surface area contributed by atoms with Crippen LogP contribution in [-0.4, -0.2) is 14.3 Å². The highest BCUT2D eigenvalue weighted by atomic mass is 32.2. The lowest BCUT2D eigenvalue weighted by molar-refractivity contribution is 0.596. The Bertz CT molecular complexity index is 731. The Kier molecular flexibility index (Phi) is 2.49. The van der Waals surface area contributed by atoms with Crippen LogP contribution in [0.1, 0.15) is 11.1 Å². The van der Waals surface area contributed by atoms with E-state index in [1.165, 1.54) is 0 Å². The Morgan fingerprint density at radius 2 is 2.11 bits per heavy atom. The summed E-state index contributed by atoms with van der Waals surface area (Å²) in [7, 11) is -3.47. The minimum Gasteiger partial charge on any atom is -0.383 e. The predicted molar refractivity (Wildman–Crippen MR) is 73.1 cm³/mol. The van der Waals surface area contributed by atoms with Crippen molar-refractivity contribution < 1.29 is 8.42 Å². The van der Waals surface area contributed by atoms with E-state index >= 15 is 0 Å². The van der Waals surface area contributed by atoms with Crippen molar-refractivity contribution in [2.45, 2.75) is 5.75 Å². The van der Waals surface area contributed by atoms with E-state index in [0.717, 1.165) is 16.7 Å². The van der Waals surface area contributed by atoms with Crippen LogP contribution in [-0.2, 0) is 15.8 Å². The molecule has 6 heteroatoms. The van der Waals surface area contributed by atoms with Crippen LogP contribution in [0.4, 0.5) is 0 Å². The van der Waals surface area contributed by atoms with E-state index < -0.39 is 10.0 Å². The molecule has 0 spiro atoms. The normalized spacial score (nSPS) is 17.0. The first-order valence-corrected chi connectivity index (χ1v) is 7.85. The van der Waals surface area contributed by atoms with Crippen molar-refractivity contribution >= 4 is 27.2 Å². The molecule has 18 heavy (non-hydrogen) atoms. The lowest BCUT2D eigenvalue weighted by atomic mass is 9.97. The molecular weight excluding hydrogens is 268 g/mol. The summed E-state index contributed by atoms with van der Waals surface area (Å²) in [5.74, 6) is -0.000803. The molecule has 1 aliphatic rings. The van der Waals surface area contributed by atoms with Crippen molar-refractivity contribution in [1.82, 2.24) is 0 Å². The SMILES string of the molecule is NC1=NS(=O)(=O)Cc2cccc(-c3ccsc3)c21. The summed E-state index contributed by atoms with van der Waals surface area (Å²) in [6.45, 7) is 0. The van der Waals surface area contributed by atoms with Crippen molar-refractivity contribution in [3.8, 4) is 11.1 Å². The van der Waals surface area contributed by atoms with Gasteiger partial charge in [-0.3, -0.25) is 0 Å². The Hall–Kier alpha value is -1.66. The van der Waals surface area contributed by atoms with Gasteiger partial charge in [-0.05, 0) is 33.5 Å². The fourth-order valence-electron chi connectivity index (χ4n) is 2.11. The minimum absolute atomic E-state index is 0.0815. The van der Waals surface area contributed by atoms with Crippen LogP contribution in [0.3, 0.4) is 0 Å². The first kappa shape index (κ1) is 11.4. The first-order valence-electron chi connectivity index (χ1n) is 5.30. The van der Waals surface area contributed by atoms with Crippen molar-refractivity contribution in [1.29, 1.82) is 0 Å². The number of nitrogens with two attached hydrogens (primary N) is 1. The number of benzene rings is 1. The zero-order chi connectivity index (χ0) is 12.8. The molecule has 2 N–H and O–H groups in total. The van der Waals surface area contributed by atoms with Gasteiger partial charge in [0.15, 0.2) is 0 Å². The van der Waals surface area contributed by atoms with Gasteiger partial charge in [0.1, 0.15) is 5.84 Å². The topological polar surface area (TPSA) is 72.5 Å². The predicted octanol–water partition coefficient (Wildman–Crippen LogP) is 1.96. The maximum atomic E-state index is 11.6. The van der Waals surface area contributed by atoms with Crippen molar-refractivity contribution in [2.24, 2.45) is 10.1 Å². The summed E-state index contributed by atoms with van der Waals surface area (Å²) in [5, 5.41) is 3.98. The van der Waals surface area contributed by atoms with Crippen molar-refractivity contribution in [2.75, 3.05) is 0 Å². The first-order chi connectivity index (χ1) is 8.57. The van der Waals surface area contributed by atoms with Gasteiger partial charge < -0.3 is 5.73 Å². The summed E-state index contributed by atoms with van der Waals surface area (Å²) in [6.07, 6.45) is 0. The van der Waals surface area contributed by atoms with Gasteiger partial charge in [0.05, 0.1) is 5.75 Å². The quantitative estimate of drug-likeness (QED) is 0.866. The van der Waals surface area contributed by atoms with Crippen LogP contribution in [0, 0.1) is 0 Å². The van der Waals surface area contributed by atoms with E-state index in [9.17, 15) is 8.42 Å². The van der Waals surface area contributed by atoms with E-state index in [0.29, 0.717) is 5.56 Å². The van der Waals surface area contributed by atoms with Crippen LogP contribution >= 0.6 is 11.3 Å². The van der Waals surface area contributed by atoms with Crippen LogP contribution in [0.15, 0.2) is 39.4 Å². The summed E-state index contributed by atoms with van der Waals surface area (Å²) in [6, 6.07) is 7.54. The molecule has 0 unspecified atom stereocenters. The molecule has 0 bridgehead atoms. The molecule has 0 fully saturated rings. The molecule has 0 saturated heterocycles. The van der Waals surface area contributed by atoms with E-state index in [1.807, 2.05) is 29.0 Å². The second kappa shape index (κ2) is 3.93. The zero-order valence-electron chi connectivity index (χ0n) is 9.33. The second-order valence-electron chi connectivity index (χ2n) is 4.05. The number of thiophene rings is 1. The smallest absolute Gasteiger partial charge is 0.259 e. The van der Waals surface area contributed by atoms with Gasteiger partial charge in [0, 0.05) is 5.56 Å². The average Bonchev–Trinajstić information content (AvgIpc) is 2.79. The number of rotatable bonds is 1. The molecule has 0 aliphatic carbocycles. The molecule has 92 valence electrons. The molecular formula is C12H10N2O2S2. The number of amidine groups is 1. The van der Waals surface area contributed by atoms with Gasteiger partial charge in [0.2, 0.25) is 0 Å². The number of nitrogens with zero attached hydrogens (tertiary/aromatic N) is 1. The van der Waals surface area contributed by atoms with Crippen LogP contribution in [0.5, 0.6) is 0 Å². The third kappa shape index (κ3) is 1.83. The summed E-state index contributed by atoms with van der Waals surface area (Å²) < 4.78 is 26.7. The van der Waals surface area contributed by atoms with Crippen LogP contribution in [0.2, 0.25) is 0 Å². The highest BCUT2D eigenvalue weighted by molar-refractivity contribution is 7.89. The van der Waals surface area contributed by atoms with E-state index in [2.05, 4.69) is 4.40 Å². The van der Waals surface area contributed by atoms with Crippen molar-refractivity contribution in [3.63, 3.8) is 0 Å². The highest BCUT2D eigenvalue weighted by Gasteiger charge is 2.24. The van der Waals surface area contributed by atoms with Gasteiger partial charge in [-0.2, -0.15) is 11.3 Å². The standard InChI is InChI=1S/C12H10N2O2S2/c13-12-11-9(7-18(15,16)14-12)2-1-3-10(11)8-4-5-17-6-8/h1-6H,7H2,(H2,13,14). The summed E-state index contributed by atoms with van der Waals surface area (Å²) >= 11 is 1.59. The van der Waals surface area contributed by atoms with Gasteiger partial charge in [-0.25, -0.2) is 8.42 Å². The minimum atomic E-state index is -3.47. The molecule has 0 saturated carbocycles. The van der Waals surface area contributed by atoms with Gasteiger partial charge >= 0.3 is 0 Å². The molecule has 1 aliphatic heterocycles. The third-order valence-corrected chi connectivity index (χ3v) is 4.65. The molecule has 4 nitrogen and oxygen atoms in total. The molecule has 2 aromatic rings. The molecule has 1 aromatic heterocycles. The largest absolute Gasteiger partial charge is 0.383 e. The lowest BCUT2D eigenvalue weighted by Gasteiger charge is -2.17. The van der Waals surface area contributed by atoms with Gasteiger partial charge in [0.25, 0.3) is 10.0 Å². The summed E-state index contributed by atoms with van der Waals surface area (Å²) in [5.41, 5.74) is 9.23. The van der Waals surface area contributed by atoms with Gasteiger partial charge in [-0.15, -0.1) is 4.40 Å². The number of hydrogen-bond acceptors (Lipinski definition) is 4. The number of sulfonamides is 1. The van der Waals surface area contributed by atoms with Crippen LogP contribution < -0.4 is 5.73 Å². The zero-order valence-corrected chi connectivity index (χ0v) is 11.0. The van der Waals surface area contributed by atoms with Gasteiger partial charge in [-0.1, -0.05) is 18.2 Å². The Labute approximate surface area is 109 Å². The molecule has 2 heterocycles. The third-order valence-electron chi connectivity index (χ3n) is 2.81. The highest BCUT2D eigenvalue weighted by Crippen LogP contribution is 2.31. The van der Waals surface area contributed by atoms with E-state index in [1.54, 1.807) is 17.4 Å². The van der Waals surface area contributed by atoms with Crippen molar-refractivity contribution in [3.05, 3.63) is 46.2 Å². The average molecular weight is 278 g/mol. The Morgan fingerprint density at radius 1 is 1.28 bits per heavy atom. The lowest BCUT2D eigenvalue weighted by Crippen LogP contribution is -2.24. The van der Waals surface area contributed by atoms with E-state index in [-0.39, 0.29) is 11.6 Å². The molecule has 0 radical (unpaired) electrons. The summed E-state index contributed by atoms with van der Waals surface area (Å²) in [4.78, 5) is 0.